The fourth-order valence-corrected chi connectivity index (χ4v) is 4.15. The van der Waals surface area contributed by atoms with Gasteiger partial charge in [0.2, 0.25) is 5.91 Å². The Morgan fingerprint density at radius 2 is 1.67 bits per heavy atom. The number of halogens is 2. The van der Waals surface area contributed by atoms with E-state index in [0.717, 1.165) is 25.7 Å². The molecule has 1 aromatic rings. The van der Waals surface area contributed by atoms with Crippen molar-refractivity contribution < 1.29 is 14.0 Å². The van der Waals surface area contributed by atoms with E-state index in [1.165, 1.54) is 18.6 Å². The molecule has 5 nitrogen and oxygen atoms in total. The Morgan fingerprint density at radius 3 is 2.26 bits per heavy atom. The summed E-state index contributed by atoms with van der Waals surface area (Å²) in [6.45, 7) is 2.59. The van der Waals surface area contributed by atoms with Crippen LogP contribution < -0.4 is 5.73 Å². The first-order valence-electron chi connectivity index (χ1n) is 9.56. The van der Waals surface area contributed by atoms with Crippen molar-refractivity contribution in [2.45, 2.75) is 38.5 Å². The zero-order valence-corrected chi connectivity index (χ0v) is 16.5. The van der Waals surface area contributed by atoms with Gasteiger partial charge in [0.15, 0.2) is 0 Å². The molecule has 27 heavy (non-hydrogen) atoms. The summed E-state index contributed by atoms with van der Waals surface area (Å²) in [5, 5.41) is 0. The summed E-state index contributed by atoms with van der Waals surface area (Å²) in [6, 6.07) is 5.75. The molecule has 2 N–H and O–H groups in total. The molecule has 1 saturated heterocycles. The van der Waals surface area contributed by atoms with E-state index in [1.807, 2.05) is 4.90 Å². The number of carbonyl (C=O) groups is 2. The van der Waals surface area contributed by atoms with Gasteiger partial charge in [-0.1, -0.05) is 25.3 Å². The van der Waals surface area contributed by atoms with Crippen LogP contribution in [-0.2, 0) is 4.79 Å². The van der Waals surface area contributed by atoms with E-state index in [-0.39, 0.29) is 29.6 Å². The maximum atomic E-state index is 13.3. The Labute approximate surface area is 166 Å². The monoisotopic (exact) mass is 397 g/mol. The van der Waals surface area contributed by atoms with Crippen molar-refractivity contribution in [3.05, 3.63) is 35.6 Å². The van der Waals surface area contributed by atoms with Crippen LogP contribution in [0.2, 0.25) is 0 Å². The molecule has 2 amide bonds. The Bertz CT molecular complexity index is 656. The zero-order valence-electron chi connectivity index (χ0n) is 15.7. The maximum Gasteiger partial charge on any atom is 0.254 e. The molecule has 7 heteroatoms. The van der Waals surface area contributed by atoms with Crippen LogP contribution in [0.3, 0.4) is 0 Å². The summed E-state index contributed by atoms with van der Waals surface area (Å²) in [4.78, 5) is 28.8. The molecule has 1 aliphatic heterocycles. The molecular weight excluding hydrogens is 369 g/mol. The van der Waals surface area contributed by atoms with Gasteiger partial charge in [-0.3, -0.25) is 9.59 Å². The number of hydrogen-bond donors (Lipinski definition) is 1. The van der Waals surface area contributed by atoms with E-state index in [4.69, 9.17) is 5.73 Å². The number of nitrogens with two attached hydrogens (primary N) is 1. The van der Waals surface area contributed by atoms with Gasteiger partial charge in [0.1, 0.15) is 5.82 Å². The van der Waals surface area contributed by atoms with Gasteiger partial charge in [0.25, 0.3) is 5.91 Å². The van der Waals surface area contributed by atoms with Crippen molar-refractivity contribution >= 4 is 24.2 Å². The van der Waals surface area contributed by atoms with Crippen LogP contribution in [0.1, 0.15) is 48.9 Å². The van der Waals surface area contributed by atoms with Crippen LogP contribution in [0.5, 0.6) is 0 Å². The maximum absolute atomic E-state index is 13.3. The van der Waals surface area contributed by atoms with E-state index in [0.29, 0.717) is 44.7 Å². The third kappa shape index (κ3) is 5.20. The predicted molar refractivity (Wildman–Crippen MR) is 105 cm³/mol. The summed E-state index contributed by atoms with van der Waals surface area (Å²) in [5.41, 5.74) is 6.32. The lowest BCUT2D eigenvalue weighted by Crippen LogP contribution is -2.51. The number of piperazine rings is 1. The van der Waals surface area contributed by atoms with Crippen LogP contribution in [0.4, 0.5) is 4.39 Å². The first-order valence-corrected chi connectivity index (χ1v) is 9.56. The van der Waals surface area contributed by atoms with E-state index >= 15 is 0 Å². The highest BCUT2D eigenvalue weighted by Crippen LogP contribution is 2.38. The largest absolute Gasteiger partial charge is 0.339 e. The van der Waals surface area contributed by atoms with Crippen molar-refractivity contribution in [1.82, 2.24) is 9.80 Å². The average molecular weight is 398 g/mol. The molecule has 2 aliphatic rings. The third-order valence-electron chi connectivity index (χ3n) is 5.86. The van der Waals surface area contributed by atoms with E-state index in [9.17, 15) is 14.0 Å². The quantitative estimate of drug-likeness (QED) is 0.849. The second kappa shape index (κ2) is 9.51. The van der Waals surface area contributed by atoms with Crippen molar-refractivity contribution in [3.63, 3.8) is 0 Å². The fourth-order valence-electron chi connectivity index (χ4n) is 4.15. The number of nitrogens with zero attached hydrogens (tertiary/aromatic N) is 2. The standard InChI is InChI=1S/C20H28FN3O2.ClH/c21-17-6-4-5-16(13-17)19(26)24-11-9-23(10-12-24)18(25)14-20(15-22)7-2-1-3-8-20;/h4-6,13H,1-3,7-12,14-15,22H2;1H. The van der Waals surface area contributed by atoms with Crippen LogP contribution in [0, 0.1) is 11.2 Å². The van der Waals surface area contributed by atoms with Gasteiger partial charge in [-0.15, -0.1) is 12.4 Å². The van der Waals surface area contributed by atoms with Crippen LogP contribution >= 0.6 is 12.4 Å². The highest BCUT2D eigenvalue weighted by Gasteiger charge is 2.35. The topological polar surface area (TPSA) is 66.6 Å². The minimum atomic E-state index is -0.413. The minimum absolute atomic E-state index is 0. The lowest BCUT2D eigenvalue weighted by molar-refractivity contribution is -0.135. The van der Waals surface area contributed by atoms with Gasteiger partial charge in [0, 0.05) is 38.2 Å². The smallest absolute Gasteiger partial charge is 0.254 e. The van der Waals surface area contributed by atoms with Crippen molar-refractivity contribution in [3.8, 4) is 0 Å². The molecule has 150 valence electrons. The zero-order chi connectivity index (χ0) is 18.6. The normalized spacial score (nSPS) is 19.3. The molecule has 0 bridgehead atoms. The molecule has 0 unspecified atom stereocenters. The summed E-state index contributed by atoms with van der Waals surface area (Å²) in [5.74, 6) is -0.443. The number of rotatable bonds is 4. The minimum Gasteiger partial charge on any atom is -0.339 e. The molecule has 1 aliphatic carbocycles. The summed E-state index contributed by atoms with van der Waals surface area (Å²) >= 11 is 0. The molecular formula is C20H29ClFN3O2. The molecule has 1 aromatic carbocycles. The highest BCUT2D eigenvalue weighted by atomic mass is 35.5. The Hall–Kier alpha value is -1.66. The number of hydrogen-bond acceptors (Lipinski definition) is 3. The van der Waals surface area contributed by atoms with Crippen LogP contribution in [0.15, 0.2) is 24.3 Å². The lowest BCUT2D eigenvalue weighted by Gasteiger charge is -2.39. The molecule has 1 heterocycles. The summed E-state index contributed by atoms with van der Waals surface area (Å²) in [6.07, 6.45) is 6.12. The predicted octanol–water partition coefficient (Wildman–Crippen LogP) is 2.83. The molecule has 0 radical (unpaired) electrons. The second-order valence-corrected chi connectivity index (χ2v) is 7.62. The van der Waals surface area contributed by atoms with Crippen LogP contribution in [-0.4, -0.2) is 54.3 Å². The molecule has 0 spiro atoms. The number of benzene rings is 1. The number of amides is 2. The number of carbonyl (C=O) groups excluding carboxylic acids is 2. The molecule has 0 aromatic heterocycles. The Balaban J connectivity index is 0.00000261. The molecule has 2 fully saturated rings. The van der Waals surface area contributed by atoms with Gasteiger partial charge >= 0.3 is 0 Å². The Kier molecular flexibility index (Phi) is 7.62. The first kappa shape index (κ1) is 21.6. The van der Waals surface area contributed by atoms with Crippen molar-refractivity contribution in [2.24, 2.45) is 11.1 Å². The summed E-state index contributed by atoms with van der Waals surface area (Å²) in [7, 11) is 0. The molecule has 0 atom stereocenters. The van der Waals surface area contributed by atoms with E-state index < -0.39 is 5.82 Å². The van der Waals surface area contributed by atoms with E-state index in [2.05, 4.69) is 0 Å². The van der Waals surface area contributed by atoms with Gasteiger partial charge in [-0.05, 0) is 43.0 Å². The third-order valence-corrected chi connectivity index (χ3v) is 5.86. The van der Waals surface area contributed by atoms with Gasteiger partial charge in [-0.2, -0.15) is 0 Å². The van der Waals surface area contributed by atoms with Gasteiger partial charge in [-0.25, -0.2) is 4.39 Å². The molecule has 1 saturated carbocycles. The molecule has 3 rings (SSSR count). The first-order chi connectivity index (χ1) is 12.5. The fraction of sp³-hybridized carbons (Fsp3) is 0.600. The van der Waals surface area contributed by atoms with Crippen molar-refractivity contribution in [2.75, 3.05) is 32.7 Å². The average Bonchev–Trinajstić information content (AvgIpc) is 2.68. The second-order valence-electron chi connectivity index (χ2n) is 7.62. The van der Waals surface area contributed by atoms with Crippen LogP contribution in [0.25, 0.3) is 0 Å². The highest BCUT2D eigenvalue weighted by molar-refractivity contribution is 5.94. The van der Waals surface area contributed by atoms with E-state index in [1.54, 1.807) is 17.0 Å². The van der Waals surface area contributed by atoms with Gasteiger partial charge in [0.05, 0.1) is 0 Å². The van der Waals surface area contributed by atoms with Crippen molar-refractivity contribution in [1.29, 1.82) is 0 Å². The Morgan fingerprint density at radius 1 is 1.04 bits per heavy atom. The lowest BCUT2D eigenvalue weighted by atomic mass is 9.71. The SMILES string of the molecule is Cl.NCC1(CC(=O)N2CCN(C(=O)c3cccc(F)c3)CC2)CCCCC1. The summed E-state index contributed by atoms with van der Waals surface area (Å²) < 4.78 is 13.3. The van der Waals surface area contributed by atoms with Gasteiger partial charge < -0.3 is 15.5 Å².